The standard InChI is InChI=1S/C19H20F2N2O2/c1-12(2)11-13-7-9-14(10-8-13)23(3)19(25)22-18(24)17-15(20)5-4-6-16(17)21/h4-10,12H,11H2,1-3H3,(H,22,24,25). The highest BCUT2D eigenvalue weighted by Gasteiger charge is 2.21. The van der Waals surface area contributed by atoms with Gasteiger partial charge < -0.3 is 0 Å². The molecule has 2 aromatic rings. The molecular weight excluding hydrogens is 326 g/mol. The molecule has 25 heavy (non-hydrogen) atoms. The Balaban J connectivity index is 2.08. The number of nitrogens with one attached hydrogen (secondary N) is 1. The van der Waals surface area contributed by atoms with Crippen LogP contribution in [0.1, 0.15) is 29.8 Å². The maximum absolute atomic E-state index is 13.6. The minimum absolute atomic E-state index is 0.514. The molecule has 0 aliphatic heterocycles. The van der Waals surface area contributed by atoms with Gasteiger partial charge >= 0.3 is 6.03 Å². The van der Waals surface area contributed by atoms with Crippen molar-refractivity contribution in [3.05, 3.63) is 65.2 Å². The summed E-state index contributed by atoms with van der Waals surface area (Å²) in [4.78, 5) is 25.3. The molecule has 1 N–H and O–H groups in total. The van der Waals surface area contributed by atoms with Gasteiger partial charge in [-0.05, 0) is 42.2 Å². The largest absolute Gasteiger partial charge is 0.328 e. The molecular formula is C19H20F2N2O2. The van der Waals surface area contributed by atoms with Crippen LogP contribution in [0.5, 0.6) is 0 Å². The predicted molar refractivity (Wildman–Crippen MR) is 92.6 cm³/mol. The van der Waals surface area contributed by atoms with Crippen molar-refractivity contribution in [1.82, 2.24) is 5.32 Å². The summed E-state index contributed by atoms with van der Waals surface area (Å²) in [6.07, 6.45) is 0.918. The number of amides is 3. The van der Waals surface area contributed by atoms with E-state index in [1.54, 1.807) is 12.1 Å². The zero-order valence-electron chi connectivity index (χ0n) is 14.3. The number of rotatable bonds is 4. The summed E-state index contributed by atoms with van der Waals surface area (Å²) in [6, 6.07) is 9.60. The number of benzene rings is 2. The van der Waals surface area contributed by atoms with Crippen LogP contribution in [-0.4, -0.2) is 19.0 Å². The lowest BCUT2D eigenvalue weighted by molar-refractivity contribution is 0.0957. The van der Waals surface area contributed by atoms with E-state index >= 15 is 0 Å². The first-order chi connectivity index (χ1) is 11.8. The van der Waals surface area contributed by atoms with E-state index in [2.05, 4.69) is 13.8 Å². The van der Waals surface area contributed by atoms with E-state index in [-0.39, 0.29) is 0 Å². The van der Waals surface area contributed by atoms with Gasteiger partial charge in [-0.2, -0.15) is 0 Å². The van der Waals surface area contributed by atoms with Crippen LogP contribution in [-0.2, 0) is 6.42 Å². The lowest BCUT2D eigenvalue weighted by Gasteiger charge is -2.18. The molecule has 6 heteroatoms. The van der Waals surface area contributed by atoms with Crippen molar-refractivity contribution in [1.29, 1.82) is 0 Å². The summed E-state index contributed by atoms with van der Waals surface area (Å²) < 4.78 is 27.2. The second kappa shape index (κ2) is 7.88. The van der Waals surface area contributed by atoms with Crippen molar-refractivity contribution in [2.45, 2.75) is 20.3 Å². The first-order valence-electron chi connectivity index (χ1n) is 7.91. The van der Waals surface area contributed by atoms with Crippen molar-refractivity contribution in [3.63, 3.8) is 0 Å². The molecule has 132 valence electrons. The molecule has 0 bridgehead atoms. The number of halogens is 2. The number of hydrogen-bond donors (Lipinski definition) is 1. The minimum atomic E-state index is -1.12. The molecule has 0 unspecified atom stereocenters. The van der Waals surface area contributed by atoms with E-state index in [9.17, 15) is 18.4 Å². The molecule has 0 radical (unpaired) electrons. The molecule has 0 heterocycles. The lowest BCUT2D eigenvalue weighted by atomic mass is 10.0. The monoisotopic (exact) mass is 346 g/mol. The summed E-state index contributed by atoms with van der Waals surface area (Å²) in [6.45, 7) is 4.22. The summed E-state index contributed by atoms with van der Waals surface area (Å²) in [7, 11) is 1.47. The normalized spacial score (nSPS) is 10.6. The van der Waals surface area contributed by atoms with E-state index in [0.29, 0.717) is 11.6 Å². The molecule has 4 nitrogen and oxygen atoms in total. The van der Waals surface area contributed by atoms with Crippen LogP contribution in [0, 0.1) is 17.6 Å². The third-order valence-electron chi connectivity index (χ3n) is 3.68. The van der Waals surface area contributed by atoms with Gasteiger partial charge in [-0.25, -0.2) is 13.6 Å². The van der Waals surface area contributed by atoms with Crippen molar-refractivity contribution < 1.29 is 18.4 Å². The van der Waals surface area contributed by atoms with Crippen LogP contribution >= 0.6 is 0 Å². The Morgan fingerprint density at radius 2 is 1.60 bits per heavy atom. The average molecular weight is 346 g/mol. The molecule has 2 rings (SSSR count). The van der Waals surface area contributed by atoms with Crippen molar-refractivity contribution >= 4 is 17.6 Å². The van der Waals surface area contributed by atoms with E-state index in [0.717, 1.165) is 30.2 Å². The summed E-state index contributed by atoms with van der Waals surface area (Å²) in [5, 5.41) is 1.99. The molecule has 0 saturated heterocycles. The molecule has 0 aliphatic carbocycles. The zero-order valence-corrected chi connectivity index (χ0v) is 14.3. The van der Waals surface area contributed by atoms with Crippen LogP contribution in [0.4, 0.5) is 19.3 Å². The summed E-state index contributed by atoms with van der Waals surface area (Å²) in [5.74, 6) is -2.65. The van der Waals surface area contributed by atoms with Crippen molar-refractivity contribution in [3.8, 4) is 0 Å². The Bertz CT molecular complexity index is 753. The second-order valence-electron chi connectivity index (χ2n) is 6.18. The topological polar surface area (TPSA) is 49.4 Å². The Morgan fingerprint density at radius 3 is 2.12 bits per heavy atom. The Labute approximate surface area is 145 Å². The first-order valence-corrected chi connectivity index (χ1v) is 7.91. The average Bonchev–Trinajstić information content (AvgIpc) is 2.54. The van der Waals surface area contributed by atoms with Gasteiger partial charge in [0.2, 0.25) is 0 Å². The number of nitrogens with zero attached hydrogens (tertiary/aromatic N) is 1. The highest BCUT2D eigenvalue weighted by Crippen LogP contribution is 2.17. The highest BCUT2D eigenvalue weighted by molar-refractivity contribution is 6.08. The molecule has 3 amide bonds. The number of imide groups is 1. The maximum Gasteiger partial charge on any atom is 0.328 e. The number of anilines is 1. The van der Waals surface area contributed by atoms with E-state index in [1.807, 2.05) is 17.4 Å². The lowest BCUT2D eigenvalue weighted by Crippen LogP contribution is -2.41. The molecule has 0 fully saturated rings. The fourth-order valence-corrected chi connectivity index (χ4v) is 2.40. The minimum Gasteiger partial charge on any atom is -0.297 e. The van der Waals surface area contributed by atoms with Crippen LogP contribution in [0.3, 0.4) is 0 Å². The zero-order chi connectivity index (χ0) is 18.6. The van der Waals surface area contributed by atoms with Crippen molar-refractivity contribution in [2.75, 3.05) is 11.9 Å². The fraction of sp³-hybridized carbons (Fsp3) is 0.263. The number of carbonyl (C=O) groups is 2. The van der Waals surface area contributed by atoms with Gasteiger partial charge in [0.1, 0.15) is 17.2 Å². The van der Waals surface area contributed by atoms with Gasteiger partial charge in [-0.3, -0.25) is 15.0 Å². The molecule has 0 atom stereocenters. The van der Waals surface area contributed by atoms with E-state index in [4.69, 9.17) is 0 Å². The Kier molecular flexibility index (Phi) is 5.85. The summed E-state index contributed by atoms with van der Waals surface area (Å²) >= 11 is 0. The van der Waals surface area contributed by atoms with Crippen LogP contribution in [0.25, 0.3) is 0 Å². The van der Waals surface area contributed by atoms with Crippen LogP contribution in [0.15, 0.2) is 42.5 Å². The van der Waals surface area contributed by atoms with Crippen molar-refractivity contribution in [2.24, 2.45) is 5.92 Å². The Hall–Kier alpha value is -2.76. The van der Waals surface area contributed by atoms with Gasteiger partial charge in [-0.15, -0.1) is 0 Å². The number of urea groups is 1. The quantitative estimate of drug-likeness (QED) is 0.904. The first kappa shape index (κ1) is 18.6. The SMILES string of the molecule is CC(C)Cc1ccc(N(C)C(=O)NC(=O)c2c(F)cccc2F)cc1. The highest BCUT2D eigenvalue weighted by atomic mass is 19.1. The van der Waals surface area contributed by atoms with Crippen LogP contribution in [0.2, 0.25) is 0 Å². The molecule has 0 aliphatic rings. The Morgan fingerprint density at radius 1 is 1.04 bits per heavy atom. The fourth-order valence-electron chi connectivity index (χ4n) is 2.40. The predicted octanol–water partition coefficient (Wildman–Crippen LogP) is 4.15. The molecule has 0 spiro atoms. The van der Waals surface area contributed by atoms with Gasteiger partial charge in [0.25, 0.3) is 5.91 Å². The van der Waals surface area contributed by atoms with Gasteiger partial charge in [-0.1, -0.05) is 32.0 Å². The maximum atomic E-state index is 13.6. The molecule has 0 saturated carbocycles. The molecule has 0 aromatic heterocycles. The van der Waals surface area contributed by atoms with E-state index in [1.165, 1.54) is 11.9 Å². The summed E-state index contributed by atoms with van der Waals surface area (Å²) in [5.41, 5.74) is 0.917. The third kappa shape index (κ3) is 4.62. The van der Waals surface area contributed by atoms with E-state index < -0.39 is 29.1 Å². The second-order valence-corrected chi connectivity index (χ2v) is 6.18. The van der Waals surface area contributed by atoms with Gasteiger partial charge in [0.15, 0.2) is 0 Å². The third-order valence-corrected chi connectivity index (χ3v) is 3.68. The van der Waals surface area contributed by atoms with Gasteiger partial charge in [0.05, 0.1) is 0 Å². The van der Waals surface area contributed by atoms with Crippen LogP contribution < -0.4 is 10.2 Å². The molecule has 2 aromatic carbocycles. The smallest absolute Gasteiger partial charge is 0.297 e. The number of hydrogen-bond acceptors (Lipinski definition) is 2. The van der Waals surface area contributed by atoms with Gasteiger partial charge in [0, 0.05) is 12.7 Å². The number of carbonyl (C=O) groups excluding carboxylic acids is 2.